The van der Waals surface area contributed by atoms with Crippen LogP contribution in [0.15, 0.2) is 24.3 Å². The van der Waals surface area contributed by atoms with E-state index in [-0.39, 0.29) is 17.6 Å². The Bertz CT molecular complexity index is 766. The largest absolute Gasteiger partial charge is 0.325 e. The molecule has 0 spiro atoms. The highest BCUT2D eigenvalue weighted by Gasteiger charge is 2.25. The van der Waals surface area contributed by atoms with Crippen LogP contribution in [0.2, 0.25) is 0 Å². The topological polar surface area (TPSA) is 84.0 Å². The number of aromatic nitrogens is 2. The Morgan fingerprint density at radius 2 is 1.88 bits per heavy atom. The van der Waals surface area contributed by atoms with E-state index < -0.39 is 6.03 Å². The Kier molecular flexibility index (Phi) is 5.43. The number of hydrogen-bond donors (Lipinski definition) is 2. The molecule has 132 valence electrons. The van der Waals surface area contributed by atoms with Crippen LogP contribution in [0, 0.1) is 5.92 Å². The summed E-state index contributed by atoms with van der Waals surface area (Å²) in [5.74, 6) is 1.10. The van der Waals surface area contributed by atoms with E-state index in [1.54, 1.807) is 12.1 Å². The van der Waals surface area contributed by atoms with Gasteiger partial charge in [-0.2, -0.15) is 4.37 Å². The summed E-state index contributed by atoms with van der Waals surface area (Å²) in [6.45, 7) is 3.99. The van der Waals surface area contributed by atoms with Gasteiger partial charge in [-0.05, 0) is 25.0 Å². The first-order chi connectivity index (χ1) is 12.0. The van der Waals surface area contributed by atoms with Gasteiger partial charge in [-0.15, -0.1) is 0 Å². The van der Waals surface area contributed by atoms with Gasteiger partial charge in [0.1, 0.15) is 5.82 Å². The Balaban J connectivity index is 1.69. The molecule has 3 rings (SSSR count). The number of urea groups is 1. The lowest BCUT2D eigenvalue weighted by atomic mass is 9.95. The second kappa shape index (κ2) is 7.74. The van der Waals surface area contributed by atoms with Crippen molar-refractivity contribution in [3.63, 3.8) is 0 Å². The van der Waals surface area contributed by atoms with Gasteiger partial charge < -0.3 is 5.32 Å². The molecule has 0 aliphatic heterocycles. The average Bonchev–Trinajstić information content (AvgIpc) is 3.26. The van der Waals surface area contributed by atoms with Crippen LogP contribution in [0.1, 0.15) is 61.6 Å². The zero-order chi connectivity index (χ0) is 17.8. The van der Waals surface area contributed by atoms with Crippen molar-refractivity contribution in [2.75, 3.05) is 10.6 Å². The highest BCUT2D eigenvalue weighted by atomic mass is 32.1. The molecular formula is C18H22N4O2S. The summed E-state index contributed by atoms with van der Waals surface area (Å²) >= 11 is 1.15. The standard InChI is InChI=1S/C18H22N4O2S/c1-11(2)16-20-18(25-22-16)21-17(24)19-14-10-6-5-9-13(14)15(23)12-7-3-4-8-12/h5-6,9-12H,3-4,7-8H2,1-2H3,(H2,19,20,21,22,24). The molecule has 25 heavy (non-hydrogen) atoms. The maximum absolute atomic E-state index is 12.7. The quantitative estimate of drug-likeness (QED) is 0.760. The first-order valence-corrected chi connectivity index (χ1v) is 9.37. The van der Waals surface area contributed by atoms with Gasteiger partial charge in [-0.1, -0.05) is 38.8 Å². The summed E-state index contributed by atoms with van der Waals surface area (Å²) in [5, 5.41) is 5.90. The van der Waals surface area contributed by atoms with Gasteiger partial charge >= 0.3 is 6.03 Å². The molecule has 1 heterocycles. The summed E-state index contributed by atoms with van der Waals surface area (Å²) in [7, 11) is 0. The average molecular weight is 358 g/mol. The molecular weight excluding hydrogens is 336 g/mol. The molecule has 1 aliphatic carbocycles. The molecule has 0 unspecified atom stereocenters. The van der Waals surface area contributed by atoms with Crippen LogP contribution in [0.4, 0.5) is 15.6 Å². The predicted octanol–water partition coefficient (Wildman–Crippen LogP) is 4.68. The third-order valence-corrected chi connectivity index (χ3v) is 4.99. The monoisotopic (exact) mass is 358 g/mol. The normalized spacial score (nSPS) is 14.7. The number of carbonyl (C=O) groups is 2. The number of amides is 2. The van der Waals surface area contributed by atoms with Crippen LogP contribution in [0.5, 0.6) is 0 Å². The SMILES string of the molecule is CC(C)c1nsc(NC(=O)Nc2ccccc2C(=O)C2CCCC2)n1. The highest BCUT2D eigenvalue weighted by Crippen LogP contribution is 2.30. The maximum atomic E-state index is 12.7. The molecule has 1 fully saturated rings. The molecule has 1 aliphatic rings. The number of hydrogen-bond acceptors (Lipinski definition) is 5. The van der Waals surface area contributed by atoms with Gasteiger partial charge in [0.25, 0.3) is 0 Å². The van der Waals surface area contributed by atoms with Crippen molar-refractivity contribution in [3.05, 3.63) is 35.7 Å². The maximum Gasteiger partial charge on any atom is 0.325 e. The third-order valence-electron chi connectivity index (χ3n) is 4.35. The molecule has 2 N–H and O–H groups in total. The Labute approximate surface area is 151 Å². The molecule has 1 aromatic heterocycles. The second-order valence-corrected chi connectivity index (χ2v) is 7.33. The van der Waals surface area contributed by atoms with Crippen molar-refractivity contribution < 1.29 is 9.59 Å². The fourth-order valence-corrected chi connectivity index (χ4v) is 3.69. The van der Waals surface area contributed by atoms with E-state index >= 15 is 0 Å². The van der Waals surface area contributed by atoms with Crippen LogP contribution in [-0.4, -0.2) is 21.2 Å². The van der Waals surface area contributed by atoms with E-state index in [0.29, 0.717) is 22.2 Å². The fraction of sp³-hybridized carbons (Fsp3) is 0.444. The number of para-hydroxylation sites is 1. The van der Waals surface area contributed by atoms with E-state index in [0.717, 1.165) is 37.2 Å². The van der Waals surface area contributed by atoms with Crippen LogP contribution >= 0.6 is 11.5 Å². The summed E-state index contributed by atoms with van der Waals surface area (Å²) in [6, 6.07) is 6.74. The fourth-order valence-electron chi connectivity index (χ4n) is 2.99. The summed E-state index contributed by atoms with van der Waals surface area (Å²) in [5.41, 5.74) is 1.11. The van der Waals surface area contributed by atoms with E-state index in [1.165, 1.54) is 0 Å². The molecule has 0 atom stereocenters. The molecule has 2 aromatic rings. The van der Waals surface area contributed by atoms with E-state index in [9.17, 15) is 9.59 Å². The Morgan fingerprint density at radius 3 is 2.56 bits per heavy atom. The summed E-state index contributed by atoms with van der Waals surface area (Å²) in [6.07, 6.45) is 4.06. The number of Topliss-reactive ketones (excluding diaryl/α,β-unsaturated/α-hetero) is 1. The molecule has 1 saturated carbocycles. The van der Waals surface area contributed by atoms with E-state index in [2.05, 4.69) is 20.0 Å². The first kappa shape index (κ1) is 17.5. The van der Waals surface area contributed by atoms with Crippen molar-refractivity contribution in [2.45, 2.75) is 45.4 Å². The zero-order valence-electron chi connectivity index (χ0n) is 14.4. The third kappa shape index (κ3) is 4.22. The molecule has 2 amide bonds. The van der Waals surface area contributed by atoms with Crippen molar-refractivity contribution in [3.8, 4) is 0 Å². The number of carbonyl (C=O) groups excluding carboxylic acids is 2. The minimum atomic E-state index is -0.418. The van der Waals surface area contributed by atoms with Crippen molar-refractivity contribution >= 4 is 34.2 Å². The smallest absolute Gasteiger partial charge is 0.307 e. The predicted molar refractivity (Wildman–Crippen MR) is 99.4 cm³/mol. The lowest BCUT2D eigenvalue weighted by molar-refractivity contribution is 0.0924. The number of nitrogens with one attached hydrogen (secondary N) is 2. The van der Waals surface area contributed by atoms with Gasteiger partial charge in [0, 0.05) is 28.9 Å². The summed E-state index contributed by atoms with van der Waals surface area (Å²) in [4.78, 5) is 29.2. The van der Waals surface area contributed by atoms with Gasteiger partial charge in [0.15, 0.2) is 5.78 Å². The minimum Gasteiger partial charge on any atom is -0.307 e. The van der Waals surface area contributed by atoms with Gasteiger partial charge in [0.05, 0.1) is 5.69 Å². The molecule has 1 aromatic carbocycles. The molecule has 0 bridgehead atoms. The number of rotatable bonds is 5. The van der Waals surface area contributed by atoms with Crippen LogP contribution in [0.25, 0.3) is 0 Å². The van der Waals surface area contributed by atoms with Crippen LogP contribution < -0.4 is 10.6 Å². The molecule has 7 heteroatoms. The highest BCUT2D eigenvalue weighted by molar-refractivity contribution is 7.09. The molecule has 6 nitrogen and oxygen atoms in total. The van der Waals surface area contributed by atoms with E-state index in [4.69, 9.17) is 0 Å². The summed E-state index contributed by atoms with van der Waals surface area (Å²) < 4.78 is 4.21. The van der Waals surface area contributed by atoms with Crippen molar-refractivity contribution in [1.82, 2.24) is 9.36 Å². The van der Waals surface area contributed by atoms with Gasteiger partial charge in [0.2, 0.25) is 5.13 Å². The Hall–Kier alpha value is -2.28. The number of anilines is 2. The lowest BCUT2D eigenvalue weighted by Crippen LogP contribution is -2.22. The van der Waals surface area contributed by atoms with Crippen molar-refractivity contribution in [1.29, 1.82) is 0 Å². The van der Waals surface area contributed by atoms with Crippen LogP contribution in [0.3, 0.4) is 0 Å². The molecule has 0 saturated heterocycles. The number of ketones is 1. The number of benzene rings is 1. The zero-order valence-corrected chi connectivity index (χ0v) is 15.2. The van der Waals surface area contributed by atoms with Gasteiger partial charge in [-0.3, -0.25) is 10.1 Å². The van der Waals surface area contributed by atoms with E-state index in [1.807, 2.05) is 26.0 Å². The second-order valence-electron chi connectivity index (χ2n) is 6.58. The first-order valence-electron chi connectivity index (χ1n) is 8.59. The van der Waals surface area contributed by atoms with Crippen LogP contribution in [-0.2, 0) is 0 Å². The van der Waals surface area contributed by atoms with Gasteiger partial charge in [-0.25, -0.2) is 9.78 Å². The van der Waals surface area contributed by atoms with Crippen molar-refractivity contribution in [2.24, 2.45) is 5.92 Å². The Morgan fingerprint density at radius 1 is 1.16 bits per heavy atom. The molecule has 0 radical (unpaired) electrons. The lowest BCUT2D eigenvalue weighted by Gasteiger charge is -2.13. The number of nitrogens with zero attached hydrogens (tertiary/aromatic N) is 2. The minimum absolute atomic E-state index is 0.0720.